The van der Waals surface area contributed by atoms with Crippen molar-refractivity contribution in [2.24, 2.45) is 0 Å². The van der Waals surface area contributed by atoms with Crippen molar-refractivity contribution >= 4 is 21.7 Å². The molecule has 2 heterocycles. The summed E-state index contributed by atoms with van der Waals surface area (Å²) >= 11 is 0. The summed E-state index contributed by atoms with van der Waals surface area (Å²) in [5.74, 6) is -0.359. The number of hydrogen-bond acceptors (Lipinski definition) is 5. The number of carbonyl (C=O) groups excluding carboxylic acids is 2. The number of aryl methyl sites for hydroxylation is 1. The summed E-state index contributed by atoms with van der Waals surface area (Å²) in [6.45, 7) is 2.45. The maximum Gasteiger partial charge on any atom is 0.260 e. The molecule has 0 N–H and O–H groups in total. The SMILES string of the molecule is Cc1cccc(OCC(=O)N2CCC3(CC2)N(C)C(=O)CS3(=O)=O)c1. The first kappa shape index (κ1) is 17.7. The number of piperidine rings is 1. The van der Waals surface area contributed by atoms with E-state index in [1.807, 2.05) is 25.1 Å². The second-order valence-electron chi connectivity index (χ2n) is 6.64. The third kappa shape index (κ3) is 3.10. The molecule has 0 unspecified atom stereocenters. The smallest absolute Gasteiger partial charge is 0.260 e. The molecule has 8 heteroatoms. The van der Waals surface area contributed by atoms with Crippen molar-refractivity contribution in [1.82, 2.24) is 9.80 Å². The second-order valence-corrected chi connectivity index (χ2v) is 8.92. The molecule has 3 rings (SSSR count). The van der Waals surface area contributed by atoms with Gasteiger partial charge in [-0.25, -0.2) is 8.42 Å². The van der Waals surface area contributed by atoms with E-state index in [9.17, 15) is 18.0 Å². The molecular formula is C17H22N2O5S. The summed E-state index contributed by atoms with van der Waals surface area (Å²) in [5, 5.41) is 0. The van der Waals surface area contributed by atoms with Gasteiger partial charge in [0.1, 0.15) is 16.4 Å². The summed E-state index contributed by atoms with van der Waals surface area (Å²) in [4.78, 5) is 25.9. The summed E-state index contributed by atoms with van der Waals surface area (Å²) in [6, 6.07) is 7.44. The third-order valence-corrected chi connectivity index (χ3v) is 7.59. The average molecular weight is 366 g/mol. The van der Waals surface area contributed by atoms with E-state index in [2.05, 4.69) is 0 Å². The van der Waals surface area contributed by atoms with Crippen molar-refractivity contribution in [1.29, 1.82) is 0 Å². The normalized spacial score (nSPS) is 21.6. The maximum atomic E-state index is 12.4. The lowest BCUT2D eigenvalue weighted by atomic mass is 10.0. The van der Waals surface area contributed by atoms with Gasteiger partial charge in [-0.1, -0.05) is 12.1 Å². The molecule has 0 aromatic heterocycles. The molecule has 0 radical (unpaired) electrons. The highest BCUT2D eigenvalue weighted by molar-refractivity contribution is 7.93. The van der Waals surface area contributed by atoms with E-state index in [1.165, 1.54) is 11.9 Å². The quantitative estimate of drug-likeness (QED) is 0.781. The number of rotatable bonds is 3. The van der Waals surface area contributed by atoms with Crippen LogP contribution in [-0.2, 0) is 19.4 Å². The fourth-order valence-electron chi connectivity index (χ4n) is 3.52. The lowest BCUT2D eigenvalue weighted by molar-refractivity contribution is -0.136. The Balaban J connectivity index is 1.60. The maximum absolute atomic E-state index is 12.4. The molecule has 1 spiro atoms. The minimum absolute atomic E-state index is 0.0853. The van der Waals surface area contributed by atoms with Crippen LogP contribution in [0.4, 0.5) is 0 Å². The molecule has 25 heavy (non-hydrogen) atoms. The summed E-state index contributed by atoms with van der Waals surface area (Å²) in [7, 11) is -1.98. The number of hydrogen-bond donors (Lipinski definition) is 0. The van der Waals surface area contributed by atoms with Crippen LogP contribution in [0.2, 0.25) is 0 Å². The Morgan fingerprint density at radius 1 is 1.28 bits per heavy atom. The first-order valence-electron chi connectivity index (χ1n) is 8.21. The van der Waals surface area contributed by atoms with Gasteiger partial charge < -0.3 is 14.5 Å². The molecule has 1 aromatic carbocycles. The van der Waals surface area contributed by atoms with Gasteiger partial charge in [-0.15, -0.1) is 0 Å². The molecule has 0 atom stereocenters. The molecule has 0 bridgehead atoms. The zero-order chi connectivity index (χ0) is 18.2. The van der Waals surface area contributed by atoms with Crippen LogP contribution in [0.3, 0.4) is 0 Å². The monoisotopic (exact) mass is 366 g/mol. The van der Waals surface area contributed by atoms with Crippen molar-refractivity contribution in [3.05, 3.63) is 29.8 Å². The minimum atomic E-state index is -3.51. The molecule has 7 nitrogen and oxygen atoms in total. The zero-order valence-electron chi connectivity index (χ0n) is 14.4. The fraction of sp³-hybridized carbons (Fsp3) is 0.529. The highest BCUT2D eigenvalue weighted by Crippen LogP contribution is 2.38. The molecule has 1 aromatic rings. The van der Waals surface area contributed by atoms with Crippen LogP contribution < -0.4 is 4.74 Å². The van der Waals surface area contributed by atoms with E-state index in [1.54, 1.807) is 11.0 Å². The highest BCUT2D eigenvalue weighted by Gasteiger charge is 2.57. The Bertz CT molecular complexity index is 797. The van der Waals surface area contributed by atoms with Crippen LogP contribution >= 0.6 is 0 Å². The van der Waals surface area contributed by atoms with Crippen LogP contribution in [0.25, 0.3) is 0 Å². The lowest BCUT2D eigenvalue weighted by Gasteiger charge is -2.41. The molecule has 2 amide bonds. The topological polar surface area (TPSA) is 84.0 Å². The van der Waals surface area contributed by atoms with E-state index in [-0.39, 0.29) is 31.3 Å². The highest BCUT2D eigenvalue weighted by atomic mass is 32.2. The van der Waals surface area contributed by atoms with Crippen LogP contribution in [0.1, 0.15) is 18.4 Å². The zero-order valence-corrected chi connectivity index (χ0v) is 15.2. The van der Waals surface area contributed by atoms with Crippen molar-refractivity contribution < 1.29 is 22.7 Å². The predicted octanol–water partition coefficient (Wildman–Crippen LogP) is 0.579. The van der Waals surface area contributed by atoms with Crippen LogP contribution in [0.15, 0.2) is 24.3 Å². The lowest BCUT2D eigenvalue weighted by Crippen LogP contribution is -2.56. The minimum Gasteiger partial charge on any atom is -0.484 e. The Labute approximate surface area is 147 Å². The molecule has 0 aliphatic carbocycles. The first-order valence-corrected chi connectivity index (χ1v) is 9.87. The van der Waals surface area contributed by atoms with Gasteiger partial charge in [0.15, 0.2) is 16.4 Å². The Kier molecular flexibility index (Phi) is 4.49. The standard InChI is InChI=1S/C17H22N2O5S/c1-13-4-3-5-14(10-13)24-11-15(20)19-8-6-17(7-9-19)18(2)16(21)12-25(17,22)23/h3-5,10H,6-9,11-12H2,1-2H3. The van der Waals surface area contributed by atoms with Gasteiger partial charge in [0.2, 0.25) is 5.91 Å². The van der Waals surface area contributed by atoms with Gasteiger partial charge >= 0.3 is 0 Å². The van der Waals surface area contributed by atoms with Crippen LogP contribution in [0, 0.1) is 6.92 Å². The van der Waals surface area contributed by atoms with Gasteiger partial charge in [0, 0.05) is 33.0 Å². The third-order valence-electron chi connectivity index (χ3n) is 5.13. The molecule has 136 valence electrons. The van der Waals surface area contributed by atoms with Crippen LogP contribution in [0.5, 0.6) is 5.75 Å². The number of amides is 2. The van der Waals surface area contributed by atoms with Gasteiger partial charge in [0.05, 0.1) is 0 Å². The molecule has 2 saturated heterocycles. The van der Waals surface area contributed by atoms with E-state index in [0.717, 1.165) is 5.56 Å². The van der Waals surface area contributed by atoms with E-state index >= 15 is 0 Å². The van der Waals surface area contributed by atoms with Gasteiger partial charge in [-0.2, -0.15) is 0 Å². The van der Waals surface area contributed by atoms with Crippen molar-refractivity contribution in [3.8, 4) is 5.75 Å². The number of carbonyl (C=O) groups is 2. The summed E-state index contributed by atoms with van der Waals surface area (Å²) < 4.78 is 30.3. The number of likely N-dealkylation sites (tertiary alicyclic amines) is 1. The molecule has 2 fully saturated rings. The Morgan fingerprint density at radius 2 is 1.96 bits per heavy atom. The van der Waals surface area contributed by atoms with Crippen molar-refractivity contribution in [3.63, 3.8) is 0 Å². The predicted molar refractivity (Wildman–Crippen MR) is 91.8 cm³/mol. The van der Waals surface area contributed by atoms with Gasteiger partial charge in [-0.05, 0) is 24.6 Å². The number of nitrogens with zero attached hydrogens (tertiary/aromatic N) is 2. The number of ether oxygens (including phenoxy) is 1. The van der Waals surface area contributed by atoms with Crippen LogP contribution in [-0.4, -0.2) is 67.4 Å². The summed E-state index contributed by atoms with van der Waals surface area (Å²) in [6.07, 6.45) is 0.488. The van der Waals surface area contributed by atoms with E-state index in [0.29, 0.717) is 18.8 Å². The second kappa shape index (κ2) is 6.33. The number of sulfone groups is 1. The molecular weight excluding hydrogens is 344 g/mol. The molecule has 2 aliphatic rings. The average Bonchev–Trinajstić information content (AvgIpc) is 2.73. The first-order chi connectivity index (χ1) is 11.7. The van der Waals surface area contributed by atoms with E-state index < -0.39 is 20.5 Å². The Hall–Kier alpha value is -2.09. The fourth-order valence-corrected chi connectivity index (χ4v) is 5.63. The van der Waals surface area contributed by atoms with Crippen molar-refractivity contribution in [2.45, 2.75) is 24.6 Å². The Morgan fingerprint density at radius 3 is 2.52 bits per heavy atom. The van der Waals surface area contributed by atoms with E-state index in [4.69, 9.17) is 4.74 Å². The molecule has 2 aliphatic heterocycles. The summed E-state index contributed by atoms with van der Waals surface area (Å²) in [5.41, 5.74) is 1.05. The number of benzene rings is 1. The largest absolute Gasteiger partial charge is 0.484 e. The molecule has 0 saturated carbocycles. The van der Waals surface area contributed by atoms with Gasteiger partial charge in [0.25, 0.3) is 5.91 Å². The van der Waals surface area contributed by atoms with Gasteiger partial charge in [-0.3, -0.25) is 9.59 Å². The van der Waals surface area contributed by atoms with Crippen molar-refractivity contribution in [2.75, 3.05) is 32.5 Å².